The normalized spacial score (nSPS) is 12.1. The zero-order chi connectivity index (χ0) is 31.0. The van der Waals surface area contributed by atoms with Gasteiger partial charge in [0.2, 0.25) is 11.8 Å². The summed E-state index contributed by atoms with van der Waals surface area (Å²) in [4.78, 5) is 29.0. The molecule has 226 valence electrons. The fourth-order valence-corrected chi connectivity index (χ4v) is 5.94. The highest BCUT2D eigenvalue weighted by molar-refractivity contribution is 7.92. The summed E-state index contributed by atoms with van der Waals surface area (Å²) in [7, 11) is -2.61. The highest BCUT2D eigenvalue weighted by Crippen LogP contribution is 2.27. The van der Waals surface area contributed by atoms with Crippen molar-refractivity contribution in [3.63, 3.8) is 0 Å². The second-order valence-electron chi connectivity index (χ2n) is 10.7. The SMILES string of the molecule is CC[C@@H](C(=O)NCC(C)C)N(Cc1ccc(OC)cc1)C(=O)CN(c1ccc(C)c(C)c1)S(=O)(=O)c1ccc(Cl)cc1. The zero-order valence-corrected chi connectivity index (χ0v) is 26.6. The Hall–Kier alpha value is -3.56. The second-order valence-corrected chi connectivity index (χ2v) is 13.0. The van der Waals surface area contributed by atoms with Crippen molar-refractivity contribution in [2.45, 2.75) is 58.5 Å². The first kappa shape index (κ1) is 32.9. The van der Waals surface area contributed by atoms with Gasteiger partial charge in [0.25, 0.3) is 10.0 Å². The molecular weight excluding hydrogens is 574 g/mol. The number of halogens is 1. The van der Waals surface area contributed by atoms with Crippen LogP contribution in [0.15, 0.2) is 71.6 Å². The van der Waals surface area contributed by atoms with Gasteiger partial charge in [0.05, 0.1) is 17.7 Å². The van der Waals surface area contributed by atoms with E-state index in [1.165, 1.54) is 29.2 Å². The lowest BCUT2D eigenvalue weighted by Gasteiger charge is -2.33. The minimum atomic E-state index is -4.17. The van der Waals surface area contributed by atoms with E-state index in [0.29, 0.717) is 29.4 Å². The average Bonchev–Trinajstić information content (AvgIpc) is 2.96. The topological polar surface area (TPSA) is 96.0 Å². The maximum Gasteiger partial charge on any atom is 0.264 e. The van der Waals surface area contributed by atoms with Crippen LogP contribution >= 0.6 is 11.6 Å². The van der Waals surface area contributed by atoms with Crippen molar-refractivity contribution in [1.29, 1.82) is 0 Å². The number of hydrogen-bond acceptors (Lipinski definition) is 5. The molecule has 0 fully saturated rings. The Morgan fingerprint density at radius 2 is 1.60 bits per heavy atom. The standard InChI is InChI=1S/C32H40ClN3O5S/c1-7-30(32(38)34-19-22(2)3)35(20-25-9-14-28(41-6)15-10-25)31(37)21-36(27-13-8-23(4)24(5)18-27)42(39,40)29-16-11-26(33)12-17-29/h8-18,22,30H,7,19-21H2,1-6H3,(H,34,38)/t30-/m0/s1. The molecule has 0 bridgehead atoms. The van der Waals surface area contributed by atoms with Crippen LogP contribution in [-0.2, 0) is 26.2 Å². The van der Waals surface area contributed by atoms with E-state index in [0.717, 1.165) is 21.0 Å². The van der Waals surface area contributed by atoms with Crippen molar-refractivity contribution < 1.29 is 22.7 Å². The Morgan fingerprint density at radius 3 is 2.14 bits per heavy atom. The zero-order valence-electron chi connectivity index (χ0n) is 25.1. The number of methoxy groups -OCH3 is 1. The molecule has 0 aliphatic carbocycles. The summed E-state index contributed by atoms with van der Waals surface area (Å²) >= 11 is 6.03. The monoisotopic (exact) mass is 613 g/mol. The Labute approximate surface area is 254 Å². The Kier molecular flexibility index (Phi) is 11.4. The highest BCUT2D eigenvalue weighted by Gasteiger charge is 2.33. The largest absolute Gasteiger partial charge is 0.497 e. The van der Waals surface area contributed by atoms with E-state index in [1.54, 1.807) is 31.4 Å². The van der Waals surface area contributed by atoms with Gasteiger partial charge >= 0.3 is 0 Å². The van der Waals surface area contributed by atoms with Crippen molar-refractivity contribution in [2.24, 2.45) is 5.92 Å². The lowest BCUT2D eigenvalue weighted by molar-refractivity contribution is -0.140. The van der Waals surface area contributed by atoms with E-state index in [4.69, 9.17) is 16.3 Å². The van der Waals surface area contributed by atoms with Crippen LogP contribution in [0.5, 0.6) is 5.75 Å². The molecule has 8 nitrogen and oxygen atoms in total. The molecule has 0 spiro atoms. The van der Waals surface area contributed by atoms with Gasteiger partial charge < -0.3 is 15.0 Å². The van der Waals surface area contributed by atoms with Gasteiger partial charge in [-0.3, -0.25) is 13.9 Å². The first-order chi connectivity index (χ1) is 19.9. The molecule has 0 aliphatic rings. The summed E-state index contributed by atoms with van der Waals surface area (Å²) in [5, 5.41) is 3.33. The lowest BCUT2D eigenvalue weighted by Crippen LogP contribution is -2.52. The van der Waals surface area contributed by atoms with Crippen LogP contribution in [0.3, 0.4) is 0 Å². The van der Waals surface area contributed by atoms with Crippen molar-refractivity contribution in [3.05, 3.63) is 88.4 Å². The maximum atomic E-state index is 14.2. The number of ether oxygens (including phenoxy) is 1. The maximum absolute atomic E-state index is 14.2. The number of carbonyl (C=O) groups excluding carboxylic acids is 2. The quantitative estimate of drug-likeness (QED) is 0.265. The van der Waals surface area contributed by atoms with Gasteiger partial charge in [0, 0.05) is 18.1 Å². The van der Waals surface area contributed by atoms with Crippen LogP contribution in [-0.4, -0.2) is 51.4 Å². The van der Waals surface area contributed by atoms with Gasteiger partial charge in [-0.1, -0.05) is 50.6 Å². The molecule has 0 saturated carbocycles. The summed E-state index contributed by atoms with van der Waals surface area (Å²) in [5.74, 6) is 0.0924. The van der Waals surface area contributed by atoms with E-state index in [9.17, 15) is 18.0 Å². The van der Waals surface area contributed by atoms with Crippen LogP contribution in [0, 0.1) is 19.8 Å². The molecule has 0 heterocycles. The molecule has 0 saturated heterocycles. The predicted molar refractivity (Wildman–Crippen MR) is 167 cm³/mol. The number of nitrogens with one attached hydrogen (secondary N) is 1. The number of anilines is 1. The molecule has 10 heteroatoms. The average molecular weight is 614 g/mol. The van der Waals surface area contributed by atoms with Crippen LogP contribution in [0.1, 0.15) is 43.9 Å². The first-order valence-electron chi connectivity index (χ1n) is 13.9. The molecule has 1 atom stereocenters. The van der Waals surface area contributed by atoms with Gasteiger partial charge in [-0.05, 0) is 91.4 Å². The third kappa shape index (κ3) is 8.26. The third-order valence-electron chi connectivity index (χ3n) is 7.04. The van der Waals surface area contributed by atoms with Gasteiger partial charge in [0.15, 0.2) is 0 Å². The van der Waals surface area contributed by atoms with Crippen molar-refractivity contribution in [3.8, 4) is 5.75 Å². The first-order valence-corrected chi connectivity index (χ1v) is 15.7. The highest BCUT2D eigenvalue weighted by atomic mass is 35.5. The minimum absolute atomic E-state index is 0.00125. The summed E-state index contributed by atoms with van der Waals surface area (Å²) in [6.07, 6.45) is 0.347. The van der Waals surface area contributed by atoms with Crippen molar-refractivity contribution >= 4 is 39.1 Å². The molecule has 0 aliphatic heterocycles. The third-order valence-corrected chi connectivity index (χ3v) is 9.08. The minimum Gasteiger partial charge on any atom is -0.497 e. The number of hydrogen-bond donors (Lipinski definition) is 1. The lowest BCUT2D eigenvalue weighted by atomic mass is 10.1. The number of nitrogens with zero attached hydrogens (tertiary/aromatic N) is 2. The Balaban J connectivity index is 2.06. The van der Waals surface area contributed by atoms with E-state index >= 15 is 0 Å². The van der Waals surface area contributed by atoms with Gasteiger partial charge in [-0.2, -0.15) is 0 Å². The van der Waals surface area contributed by atoms with Gasteiger partial charge in [-0.15, -0.1) is 0 Å². The van der Waals surface area contributed by atoms with E-state index < -0.39 is 28.5 Å². The van der Waals surface area contributed by atoms with E-state index in [1.807, 2.05) is 52.8 Å². The molecule has 1 N–H and O–H groups in total. The summed E-state index contributed by atoms with van der Waals surface area (Å²) < 4.78 is 34.4. The Morgan fingerprint density at radius 1 is 0.952 bits per heavy atom. The fraction of sp³-hybridized carbons (Fsp3) is 0.375. The van der Waals surface area contributed by atoms with Crippen molar-refractivity contribution in [1.82, 2.24) is 10.2 Å². The molecule has 0 aromatic heterocycles. The molecule has 0 unspecified atom stereocenters. The van der Waals surface area contributed by atoms with Gasteiger partial charge in [-0.25, -0.2) is 8.42 Å². The van der Waals surface area contributed by atoms with Crippen LogP contribution < -0.4 is 14.4 Å². The van der Waals surface area contributed by atoms with Crippen molar-refractivity contribution in [2.75, 3.05) is 24.5 Å². The number of aryl methyl sites for hydroxylation is 2. The van der Waals surface area contributed by atoms with E-state index in [-0.39, 0.29) is 23.3 Å². The Bertz CT molecular complexity index is 1470. The van der Waals surface area contributed by atoms with Gasteiger partial charge in [0.1, 0.15) is 18.3 Å². The summed E-state index contributed by atoms with van der Waals surface area (Å²) in [5.41, 5.74) is 2.99. The van der Waals surface area contributed by atoms with Crippen LogP contribution in [0.4, 0.5) is 5.69 Å². The summed E-state index contributed by atoms with van der Waals surface area (Å²) in [6.45, 7) is 9.69. The number of carbonyl (C=O) groups is 2. The molecule has 42 heavy (non-hydrogen) atoms. The number of benzene rings is 3. The second kappa shape index (κ2) is 14.6. The fourth-order valence-electron chi connectivity index (χ4n) is 4.41. The molecule has 2 amide bonds. The molecule has 3 rings (SSSR count). The summed E-state index contributed by atoms with van der Waals surface area (Å²) in [6, 6.07) is 17.5. The number of sulfonamides is 1. The number of rotatable bonds is 13. The van der Waals surface area contributed by atoms with E-state index in [2.05, 4.69) is 5.32 Å². The number of amides is 2. The molecule has 0 radical (unpaired) electrons. The molecular formula is C32H40ClN3O5S. The smallest absolute Gasteiger partial charge is 0.264 e. The predicted octanol–water partition coefficient (Wildman–Crippen LogP) is 5.74. The van der Waals surface area contributed by atoms with Crippen LogP contribution in [0.2, 0.25) is 5.02 Å². The molecule has 3 aromatic carbocycles. The molecule has 3 aromatic rings. The van der Waals surface area contributed by atoms with Crippen LogP contribution in [0.25, 0.3) is 0 Å².